The average molecular weight is 262 g/mol. The van der Waals surface area contributed by atoms with Crippen molar-refractivity contribution in [3.8, 4) is 0 Å². The number of amides is 1. The quantitative estimate of drug-likeness (QED) is 0.815. The lowest BCUT2D eigenvalue weighted by molar-refractivity contribution is 0.0685. The first kappa shape index (κ1) is 13.7. The van der Waals surface area contributed by atoms with E-state index in [0.29, 0.717) is 17.3 Å². The number of carbonyl (C=O) groups excluding carboxylic acids is 1. The monoisotopic (exact) mass is 262 g/mol. The van der Waals surface area contributed by atoms with Crippen LogP contribution in [0.5, 0.6) is 0 Å². The standard InChI is InChI=1S/C15H22N2O2/c1-2-11-4-3-5-14(10-11)19-15(18)17-13-8-6-12(16)7-9-13/h6-9,11,14H,2-5,10,16H2,1H3,(H,17,18). The van der Waals surface area contributed by atoms with E-state index in [0.717, 1.165) is 19.3 Å². The molecule has 1 aliphatic carbocycles. The highest BCUT2D eigenvalue weighted by atomic mass is 16.6. The van der Waals surface area contributed by atoms with E-state index in [1.807, 2.05) is 0 Å². The minimum absolute atomic E-state index is 0.0625. The van der Waals surface area contributed by atoms with Crippen LogP contribution < -0.4 is 11.1 Å². The number of hydrogen-bond donors (Lipinski definition) is 2. The Bertz CT molecular complexity index is 417. The lowest BCUT2D eigenvalue weighted by atomic mass is 9.85. The van der Waals surface area contributed by atoms with Gasteiger partial charge in [-0.15, -0.1) is 0 Å². The molecule has 19 heavy (non-hydrogen) atoms. The van der Waals surface area contributed by atoms with Crippen LogP contribution in [0.2, 0.25) is 0 Å². The zero-order chi connectivity index (χ0) is 13.7. The summed E-state index contributed by atoms with van der Waals surface area (Å²) in [7, 11) is 0. The molecule has 0 saturated heterocycles. The Balaban J connectivity index is 1.82. The van der Waals surface area contributed by atoms with Crippen molar-refractivity contribution < 1.29 is 9.53 Å². The molecule has 4 heteroatoms. The van der Waals surface area contributed by atoms with Gasteiger partial charge in [-0.2, -0.15) is 0 Å². The smallest absolute Gasteiger partial charge is 0.411 e. The summed E-state index contributed by atoms with van der Waals surface area (Å²) in [5.74, 6) is 0.697. The number of benzene rings is 1. The molecule has 4 nitrogen and oxygen atoms in total. The number of nitrogen functional groups attached to an aromatic ring is 1. The molecule has 0 bridgehead atoms. The molecule has 1 amide bonds. The third kappa shape index (κ3) is 4.16. The van der Waals surface area contributed by atoms with Gasteiger partial charge in [0.05, 0.1) is 0 Å². The highest BCUT2D eigenvalue weighted by Gasteiger charge is 2.23. The van der Waals surface area contributed by atoms with E-state index in [-0.39, 0.29) is 12.2 Å². The molecule has 1 aliphatic rings. The zero-order valence-electron chi connectivity index (χ0n) is 11.4. The molecular formula is C15H22N2O2. The maximum Gasteiger partial charge on any atom is 0.411 e. The van der Waals surface area contributed by atoms with Gasteiger partial charge in [0.2, 0.25) is 0 Å². The molecule has 2 rings (SSSR count). The number of carbonyl (C=O) groups is 1. The summed E-state index contributed by atoms with van der Waals surface area (Å²) in [6.07, 6.45) is 5.24. The Hall–Kier alpha value is -1.71. The zero-order valence-corrected chi connectivity index (χ0v) is 11.4. The maximum atomic E-state index is 11.8. The van der Waals surface area contributed by atoms with Crippen molar-refractivity contribution in [2.75, 3.05) is 11.1 Å². The number of nitrogens with two attached hydrogens (primary N) is 1. The maximum absolute atomic E-state index is 11.8. The minimum Gasteiger partial charge on any atom is -0.446 e. The van der Waals surface area contributed by atoms with E-state index in [2.05, 4.69) is 12.2 Å². The van der Waals surface area contributed by atoms with Gasteiger partial charge in [0.25, 0.3) is 0 Å². The van der Waals surface area contributed by atoms with E-state index < -0.39 is 0 Å². The molecule has 1 saturated carbocycles. The second-order valence-corrected chi connectivity index (χ2v) is 5.22. The lowest BCUT2D eigenvalue weighted by Crippen LogP contribution is -2.27. The van der Waals surface area contributed by atoms with Crippen molar-refractivity contribution in [3.63, 3.8) is 0 Å². The highest BCUT2D eigenvalue weighted by Crippen LogP contribution is 2.28. The van der Waals surface area contributed by atoms with Gasteiger partial charge < -0.3 is 10.5 Å². The molecule has 104 valence electrons. The van der Waals surface area contributed by atoms with Gasteiger partial charge in [-0.05, 0) is 49.4 Å². The summed E-state index contributed by atoms with van der Waals surface area (Å²) in [5.41, 5.74) is 6.98. The summed E-state index contributed by atoms with van der Waals surface area (Å²) in [4.78, 5) is 11.8. The first-order valence-electron chi connectivity index (χ1n) is 7.00. The Kier molecular flexibility index (Phi) is 4.66. The molecule has 2 atom stereocenters. The summed E-state index contributed by atoms with van der Waals surface area (Å²) in [6, 6.07) is 7.05. The van der Waals surface area contributed by atoms with Crippen molar-refractivity contribution >= 4 is 17.5 Å². The van der Waals surface area contributed by atoms with Crippen LogP contribution in [0.4, 0.5) is 16.2 Å². The third-order valence-electron chi connectivity index (χ3n) is 3.74. The summed E-state index contributed by atoms with van der Waals surface area (Å²) in [5, 5.41) is 2.73. The number of anilines is 2. The van der Waals surface area contributed by atoms with E-state index >= 15 is 0 Å². The first-order chi connectivity index (χ1) is 9.17. The van der Waals surface area contributed by atoms with Crippen molar-refractivity contribution in [2.45, 2.75) is 45.1 Å². The van der Waals surface area contributed by atoms with E-state index in [1.54, 1.807) is 24.3 Å². The van der Waals surface area contributed by atoms with Gasteiger partial charge in [0.1, 0.15) is 6.10 Å². The van der Waals surface area contributed by atoms with Crippen LogP contribution in [0, 0.1) is 5.92 Å². The first-order valence-corrected chi connectivity index (χ1v) is 7.00. The lowest BCUT2D eigenvalue weighted by Gasteiger charge is -2.28. The molecule has 0 radical (unpaired) electrons. The summed E-state index contributed by atoms with van der Waals surface area (Å²) < 4.78 is 5.48. The van der Waals surface area contributed by atoms with E-state index in [9.17, 15) is 4.79 Å². The second kappa shape index (κ2) is 6.45. The molecule has 1 aromatic rings. The Morgan fingerprint density at radius 1 is 1.37 bits per heavy atom. The fourth-order valence-corrected chi connectivity index (χ4v) is 2.58. The Labute approximate surface area is 114 Å². The van der Waals surface area contributed by atoms with Crippen LogP contribution >= 0.6 is 0 Å². The van der Waals surface area contributed by atoms with Gasteiger partial charge in [-0.25, -0.2) is 4.79 Å². The average Bonchev–Trinajstić information content (AvgIpc) is 2.41. The van der Waals surface area contributed by atoms with Crippen molar-refractivity contribution in [2.24, 2.45) is 5.92 Å². The predicted octanol–water partition coefficient (Wildman–Crippen LogP) is 3.79. The topological polar surface area (TPSA) is 64.3 Å². The molecular weight excluding hydrogens is 240 g/mol. The molecule has 1 fully saturated rings. The van der Waals surface area contributed by atoms with Crippen LogP contribution in [0.3, 0.4) is 0 Å². The van der Waals surface area contributed by atoms with Crippen LogP contribution in [0.25, 0.3) is 0 Å². The van der Waals surface area contributed by atoms with Gasteiger partial charge in [-0.1, -0.05) is 19.8 Å². The van der Waals surface area contributed by atoms with Crippen LogP contribution in [0.1, 0.15) is 39.0 Å². The number of ether oxygens (including phenoxy) is 1. The summed E-state index contributed by atoms with van der Waals surface area (Å²) >= 11 is 0. The van der Waals surface area contributed by atoms with Gasteiger partial charge >= 0.3 is 6.09 Å². The molecule has 0 aromatic heterocycles. The van der Waals surface area contributed by atoms with E-state index in [1.165, 1.54) is 12.8 Å². The SMILES string of the molecule is CCC1CCCC(OC(=O)Nc2ccc(N)cc2)C1. The van der Waals surface area contributed by atoms with Crippen molar-refractivity contribution in [1.82, 2.24) is 0 Å². The molecule has 1 aromatic carbocycles. The summed E-state index contributed by atoms with van der Waals surface area (Å²) in [6.45, 7) is 2.20. The van der Waals surface area contributed by atoms with E-state index in [4.69, 9.17) is 10.5 Å². The van der Waals surface area contributed by atoms with Crippen molar-refractivity contribution in [3.05, 3.63) is 24.3 Å². The van der Waals surface area contributed by atoms with Crippen LogP contribution in [-0.4, -0.2) is 12.2 Å². The normalized spacial score (nSPS) is 22.8. The molecule has 3 N–H and O–H groups in total. The second-order valence-electron chi connectivity index (χ2n) is 5.22. The van der Waals surface area contributed by atoms with Gasteiger partial charge in [-0.3, -0.25) is 5.32 Å². The highest BCUT2D eigenvalue weighted by molar-refractivity contribution is 5.84. The minimum atomic E-state index is -0.369. The fourth-order valence-electron chi connectivity index (χ4n) is 2.58. The fraction of sp³-hybridized carbons (Fsp3) is 0.533. The number of hydrogen-bond acceptors (Lipinski definition) is 3. The molecule has 2 unspecified atom stereocenters. The van der Waals surface area contributed by atoms with Gasteiger partial charge in [0, 0.05) is 11.4 Å². The van der Waals surface area contributed by atoms with Crippen LogP contribution in [-0.2, 0) is 4.74 Å². The predicted molar refractivity (Wildman–Crippen MR) is 77.0 cm³/mol. The third-order valence-corrected chi connectivity index (χ3v) is 3.74. The molecule has 0 aliphatic heterocycles. The Morgan fingerprint density at radius 2 is 2.11 bits per heavy atom. The molecule has 0 heterocycles. The number of rotatable bonds is 3. The number of nitrogens with one attached hydrogen (secondary N) is 1. The van der Waals surface area contributed by atoms with Gasteiger partial charge in [0.15, 0.2) is 0 Å². The van der Waals surface area contributed by atoms with Crippen LogP contribution in [0.15, 0.2) is 24.3 Å². The largest absolute Gasteiger partial charge is 0.446 e. The Morgan fingerprint density at radius 3 is 2.79 bits per heavy atom. The molecule has 0 spiro atoms. The van der Waals surface area contributed by atoms with Crippen molar-refractivity contribution in [1.29, 1.82) is 0 Å².